The third kappa shape index (κ3) is 2.97. The van der Waals surface area contributed by atoms with Crippen LogP contribution in [0.5, 0.6) is 0 Å². The van der Waals surface area contributed by atoms with Gasteiger partial charge in [-0.15, -0.1) is 0 Å². The van der Waals surface area contributed by atoms with Crippen molar-refractivity contribution in [3.8, 4) is 0 Å². The summed E-state index contributed by atoms with van der Waals surface area (Å²) in [4.78, 5) is 4.06. The highest BCUT2D eigenvalue weighted by Gasteiger charge is 1.98. The number of hydrogen-bond acceptors (Lipinski definition) is 2. The first-order chi connectivity index (χ1) is 7.75. The lowest BCUT2D eigenvalue weighted by atomic mass is 10.2. The van der Waals surface area contributed by atoms with E-state index in [9.17, 15) is 0 Å². The molecular weight excluding hydrogens is 288 g/mol. The maximum absolute atomic E-state index is 5.91. The molecular formula is C12H10BrClN2. The minimum absolute atomic E-state index is 0.715. The number of pyridine rings is 1. The Balaban J connectivity index is 2.03. The highest BCUT2D eigenvalue weighted by Crippen LogP contribution is 2.25. The Morgan fingerprint density at radius 3 is 2.88 bits per heavy atom. The van der Waals surface area contributed by atoms with Gasteiger partial charge in [0.2, 0.25) is 0 Å². The summed E-state index contributed by atoms with van der Waals surface area (Å²) < 4.78 is 0.894. The van der Waals surface area contributed by atoms with Gasteiger partial charge in [0, 0.05) is 29.1 Å². The number of nitrogens with one attached hydrogen (secondary N) is 1. The molecule has 1 aromatic heterocycles. The fourth-order valence-electron chi connectivity index (χ4n) is 1.31. The van der Waals surface area contributed by atoms with E-state index in [0.29, 0.717) is 5.02 Å². The summed E-state index contributed by atoms with van der Waals surface area (Å²) in [6.07, 6.45) is 3.61. The summed E-state index contributed by atoms with van der Waals surface area (Å²) in [5.41, 5.74) is 2.17. The van der Waals surface area contributed by atoms with E-state index in [4.69, 9.17) is 11.6 Å². The van der Waals surface area contributed by atoms with E-state index in [1.807, 2.05) is 36.5 Å². The number of rotatable bonds is 3. The van der Waals surface area contributed by atoms with Crippen LogP contribution in [-0.4, -0.2) is 4.98 Å². The molecule has 0 unspecified atom stereocenters. The normalized spacial score (nSPS) is 10.1. The molecule has 0 atom stereocenters. The Morgan fingerprint density at radius 1 is 1.31 bits per heavy atom. The summed E-state index contributed by atoms with van der Waals surface area (Å²) in [5.74, 6) is 0. The van der Waals surface area contributed by atoms with Crippen LogP contribution in [-0.2, 0) is 6.54 Å². The number of aromatic nitrogens is 1. The second-order valence-corrected chi connectivity index (χ2v) is 4.61. The highest BCUT2D eigenvalue weighted by atomic mass is 79.9. The third-order valence-corrected chi connectivity index (χ3v) is 3.35. The zero-order valence-corrected chi connectivity index (χ0v) is 10.8. The lowest BCUT2D eigenvalue weighted by molar-refractivity contribution is 1.11. The van der Waals surface area contributed by atoms with E-state index >= 15 is 0 Å². The van der Waals surface area contributed by atoms with Gasteiger partial charge in [-0.2, -0.15) is 0 Å². The number of hydrogen-bond donors (Lipinski definition) is 1. The van der Waals surface area contributed by atoms with Gasteiger partial charge in [0.15, 0.2) is 0 Å². The average Bonchev–Trinajstić information content (AvgIpc) is 2.32. The first-order valence-corrected chi connectivity index (χ1v) is 6.00. The smallest absolute Gasteiger partial charge is 0.0549 e. The van der Waals surface area contributed by atoms with Crippen molar-refractivity contribution in [1.82, 2.24) is 4.98 Å². The van der Waals surface area contributed by atoms with Crippen LogP contribution >= 0.6 is 27.5 Å². The molecule has 0 aliphatic carbocycles. The van der Waals surface area contributed by atoms with E-state index in [-0.39, 0.29) is 0 Å². The molecule has 0 fully saturated rings. The maximum Gasteiger partial charge on any atom is 0.0549 e. The van der Waals surface area contributed by atoms with E-state index in [2.05, 4.69) is 26.2 Å². The predicted octanol–water partition coefficient (Wildman–Crippen LogP) is 4.11. The predicted molar refractivity (Wildman–Crippen MR) is 70.7 cm³/mol. The SMILES string of the molecule is Clc1ccc(NCc2cccnc2)cc1Br. The van der Waals surface area contributed by atoms with Gasteiger partial charge in [0.05, 0.1) is 5.02 Å². The molecule has 4 heteroatoms. The Morgan fingerprint density at radius 2 is 2.19 bits per heavy atom. The van der Waals surface area contributed by atoms with Crippen LogP contribution in [0.3, 0.4) is 0 Å². The first-order valence-electron chi connectivity index (χ1n) is 4.83. The lowest BCUT2D eigenvalue weighted by Gasteiger charge is -2.07. The fraction of sp³-hybridized carbons (Fsp3) is 0.0833. The van der Waals surface area contributed by atoms with Crippen molar-refractivity contribution in [2.45, 2.75) is 6.54 Å². The van der Waals surface area contributed by atoms with Gasteiger partial charge in [-0.1, -0.05) is 17.7 Å². The van der Waals surface area contributed by atoms with Crippen molar-refractivity contribution in [3.63, 3.8) is 0 Å². The van der Waals surface area contributed by atoms with Gasteiger partial charge >= 0.3 is 0 Å². The van der Waals surface area contributed by atoms with Gasteiger partial charge in [-0.05, 0) is 45.8 Å². The maximum atomic E-state index is 5.91. The van der Waals surface area contributed by atoms with Crippen molar-refractivity contribution < 1.29 is 0 Å². The van der Waals surface area contributed by atoms with E-state index in [1.54, 1.807) is 6.20 Å². The minimum atomic E-state index is 0.715. The van der Waals surface area contributed by atoms with Gasteiger partial charge < -0.3 is 5.32 Å². The molecule has 1 N–H and O–H groups in total. The van der Waals surface area contributed by atoms with Crippen LogP contribution < -0.4 is 5.32 Å². The van der Waals surface area contributed by atoms with Crippen LogP contribution in [0.25, 0.3) is 0 Å². The molecule has 82 valence electrons. The third-order valence-electron chi connectivity index (χ3n) is 2.14. The summed E-state index contributed by atoms with van der Waals surface area (Å²) in [7, 11) is 0. The number of benzene rings is 1. The Bertz CT molecular complexity index is 474. The summed E-state index contributed by atoms with van der Waals surface area (Å²) in [5, 5.41) is 4.02. The van der Waals surface area contributed by atoms with Gasteiger partial charge in [0.25, 0.3) is 0 Å². The molecule has 2 rings (SSSR count). The van der Waals surface area contributed by atoms with Crippen LogP contribution in [0.15, 0.2) is 47.2 Å². The van der Waals surface area contributed by atoms with Crippen LogP contribution in [0.2, 0.25) is 5.02 Å². The molecule has 1 heterocycles. The largest absolute Gasteiger partial charge is 0.381 e. The average molecular weight is 298 g/mol. The second-order valence-electron chi connectivity index (χ2n) is 3.34. The zero-order chi connectivity index (χ0) is 11.4. The molecule has 0 saturated heterocycles. The number of nitrogens with zero attached hydrogens (tertiary/aromatic N) is 1. The molecule has 1 aromatic carbocycles. The monoisotopic (exact) mass is 296 g/mol. The molecule has 0 radical (unpaired) electrons. The summed E-state index contributed by atoms with van der Waals surface area (Å²) in [6, 6.07) is 9.72. The zero-order valence-electron chi connectivity index (χ0n) is 8.45. The molecule has 16 heavy (non-hydrogen) atoms. The van der Waals surface area contributed by atoms with E-state index in [0.717, 1.165) is 22.3 Å². The van der Waals surface area contributed by atoms with E-state index in [1.165, 1.54) is 0 Å². The topological polar surface area (TPSA) is 24.9 Å². The molecule has 0 saturated carbocycles. The Kier molecular flexibility index (Phi) is 3.80. The van der Waals surface area contributed by atoms with E-state index < -0.39 is 0 Å². The molecule has 0 bridgehead atoms. The van der Waals surface area contributed by atoms with Crippen molar-refractivity contribution in [3.05, 3.63) is 57.8 Å². The molecule has 0 spiro atoms. The van der Waals surface area contributed by atoms with Crippen LogP contribution in [0.1, 0.15) is 5.56 Å². The quantitative estimate of drug-likeness (QED) is 0.922. The first kappa shape index (κ1) is 11.4. The summed E-state index contributed by atoms with van der Waals surface area (Å²) in [6.45, 7) is 0.752. The molecule has 2 nitrogen and oxygen atoms in total. The van der Waals surface area contributed by atoms with Gasteiger partial charge in [-0.3, -0.25) is 4.98 Å². The number of anilines is 1. The van der Waals surface area contributed by atoms with Crippen molar-refractivity contribution >= 4 is 33.2 Å². The Labute approximate surface area is 108 Å². The van der Waals surface area contributed by atoms with Crippen molar-refractivity contribution in [2.75, 3.05) is 5.32 Å². The van der Waals surface area contributed by atoms with Crippen molar-refractivity contribution in [1.29, 1.82) is 0 Å². The van der Waals surface area contributed by atoms with Crippen LogP contribution in [0, 0.1) is 0 Å². The minimum Gasteiger partial charge on any atom is -0.381 e. The second kappa shape index (κ2) is 5.32. The van der Waals surface area contributed by atoms with Crippen LogP contribution in [0.4, 0.5) is 5.69 Å². The lowest BCUT2D eigenvalue weighted by Crippen LogP contribution is -1.99. The molecule has 2 aromatic rings. The highest BCUT2D eigenvalue weighted by molar-refractivity contribution is 9.10. The summed E-state index contributed by atoms with van der Waals surface area (Å²) >= 11 is 9.30. The molecule has 0 amide bonds. The van der Waals surface area contributed by atoms with Crippen molar-refractivity contribution in [2.24, 2.45) is 0 Å². The molecule has 0 aliphatic heterocycles. The molecule has 0 aliphatic rings. The fourth-order valence-corrected chi connectivity index (χ4v) is 1.81. The van der Waals surface area contributed by atoms with Gasteiger partial charge in [0.1, 0.15) is 0 Å². The Hall–Kier alpha value is -1.06. The number of halogens is 2. The van der Waals surface area contributed by atoms with Gasteiger partial charge in [-0.25, -0.2) is 0 Å². The standard InChI is InChI=1S/C12H10BrClN2/c13-11-6-10(3-4-12(11)14)16-8-9-2-1-5-15-7-9/h1-7,16H,8H2.